The molecule has 606 valence electrons. The second-order valence-corrected chi connectivity index (χ2v) is 25.7. The summed E-state index contributed by atoms with van der Waals surface area (Å²) in [6, 6.07) is 49.2. The zero-order valence-electron chi connectivity index (χ0n) is 62.2. The maximum Gasteiger partial charge on any atom is 0.573 e. The Morgan fingerprint density at radius 3 is 1.07 bits per heavy atom. The Bertz CT molecular complexity index is 6640. The van der Waals surface area contributed by atoms with Gasteiger partial charge in [0.1, 0.15) is 69.1 Å². The highest BCUT2D eigenvalue weighted by molar-refractivity contribution is 5.81. The Morgan fingerprint density at radius 1 is 0.397 bits per heavy atom. The number of nitriles is 4. The van der Waals surface area contributed by atoms with E-state index in [1.807, 2.05) is 18.2 Å². The Kier molecular flexibility index (Phi) is 23.5. The number of anilines is 8. The number of halogens is 15. The predicted molar refractivity (Wildman–Crippen MR) is 410 cm³/mol. The van der Waals surface area contributed by atoms with E-state index in [-0.39, 0.29) is 68.2 Å². The number of nitrogens with zero attached hydrogens (tertiary/aromatic N) is 18. The summed E-state index contributed by atoms with van der Waals surface area (Å²) < 4.78 is 208. The minimum atomic E-state index is -4.78. The first-order valence-corrected chi connectivity index (χ1v) is 35.0. The fourth-order valence-corrected chi connectivity index (χ4v) is 12.2. The lowest BCUT2D eigenvalue weighted by Gasteiger charge is -2.12. The number of rotatable bonds is 15. The molecular formula is C82H51F15N22O2. The molecule has 24 nitrogen and oxygen atoms in total. The molecule has 4 N–H and O–H groups in total. The lowest BCUT2D eigenvalue weighted by atomic mass is 10.1. The van der Waals surface area contributed by atoms with Gasteiger partial charge in [0.15, 0.2) is 23.3 Å². The van der Waals surface area contributed by atoms with E-state index in [4.69, 9.17) is 0 Å². The number of fused-ring (bicyclic) bond motifs is 4. The highest BCUT2D eigenvalue weighted by Gasteiger charge is 2.33. The van der Waals surface area contributed by atoms with Crippen molar-refractivity contribution in [3.63, 3.8) is 0 Å². The molecule has 0 atom stereocenters. The smallest absolute Gasteiger partial charge is 0.435 e. The Morgan fingerprint density at radius 2 is 0.736 bits per heavy atom. The van der Waals surface area contributed by atoms with E-state index < -0.39 is 59.7 Å². The number of hydrogen-bond donors (Lipinski definition) is 4. The molecule has 0 unspecified atom stereocenters. The topological polar surface area (TPSA) is 309 Å². The van der Waals surface area contributed by atoms with Gasteiger partial charge in [-0.2, -0.15) is 56.2 Å². The van der Waals surface area contributed by atoms with E-state index in [9.17, 15) is 86.9 Å². The van der Waals surface area contributed by atoms with Crippen molar-refractivity contribution in [2.24, 2.45) is 0 Å². The molecule has 0 radical (unpaired) electrons. The molecule has 0 saturated heterocycles. The molecule has 0 bridgehead atoms. The van der Waals surface area contributed by atoms with E-state index in [1.165, 1.54) is 118 Å². The largest absolute Gasteiger partial charge is 0.573 e. The van der Waals surface area contributed by atoms with Gasteiger partial charge >= 0.3 is 25.3 Å². The summed E-state index contributed by atoms with van der Waals surface area (Å²) in [7, 11) is 0. The van der Waals surface area contributed by atoms with E-state index in [0.717, 1.165) is 48.8 Å². The predicted octanol–water partition coefficient (Wildman–Crippen LogP) is 20.2. The van der Waals surface area contributed by atoms with Gasteiger partial charge in [0.25, 0.3) is 0 Å². The van der Waals surface area contributed by atoms with Crippen LogP contribution in [0.2, 0.25) is 0 Å². The van der Waals surface area contributed by atoms with Gasteiger partial charge in [0.05, 0.1) is 128 Å². The van der Waals surface area contributed by atoms with Gasteiger partial charge < -0.3 is 30.7 Å². The van der Waals surface area contributed by atoms with Gasteiger partial charge in [-0.15, -0.1) is 13.2 Å². The van der Waals surface area contributed by atoms with Crippen molar-refractivity contribution in [2.45, 2.75) is 53.0 Å². The minimum absolute atomic E-state index is 0.0255. The molecular weight excluding hydrogens is 1610 g/mol. The van der Waals surface area contributed by atoms with Crippen molar-refractivity contribution in [2.75, 3.05) is 21.3 Å². The van der Waals surface area contributed by atoms with Crippen LogP contribution in [0, 0.1) is 96.3 Å². The summed E-state index contributed by atoms with van der Waals surface area (Å²) in [6.07, 6.45) is -9.14. The van der Waals surface area contributed by atoms with Crippen LogP contribution >= 0.6 is 0 Å². The van der Waals surface area contributed by atoms with Gasteiger partial charge in [-0.3, -0.25) is 17.9 Å². The fourth-order valence-electron chi connectivity index (χ4n) is 12.2. The van der Waals surface area contributed by atoms with Crippen molar-refractivity contribution in [3.05, 3.63) is 286 Å². The van der Waals surface area contributed by atoms with Gasteiger partial charge in [-0.25, -0.2) is 67.4 Å². The number of pyridine rings is 4. The van der Waals surface area contributed by atoms with Crippen molar-refractivity contribution in [3.8, 4) is 70.2 Å². The van der Waals surface area contributed by atoms with Crippen LogP contribution in [0.15, 0.2) is 207 Å². The van der Waals surface area contributed by atoms with E-state index in [0.29, 0.717) is 103 Å². The van der Waals surface area contributed by atoms with Crippen LogP contribution in [0.3, 0.4) is 0 Å². The first-order valence-electron chi connectivity index (χ1n) is 35.0. The molecule has 6 aromatic carbocycles. The van der Waals surface area contributed by atoms with Crippen LogP contribution in [0.25, 0.3) is 68.0 Å². The first kappa shape index (κ1) is 82.8. The standard InChI is InChI=1S/C21H13F4N5.C21H14F3N5O.C20H12F4N6O.C20H12F4N6/c1-12-27-20-16(22)3-2-4-17(20)30(12)19-10-13(11-26)9-18(29-19)28-15-7-5-14(6-8-15)21(23,24)25;1-12-26-20-16(22)3-2-4-17(20)29(12)19-10-13(11-25)9-18(28-19)27-14-5-7-15(8-6-14)30-21(23)24;1-11-18(30-10-13(21)9-26-19(30)27-11)16-6-12(8-25)7-17(29-16)28-14-2-4-15(5-3-14)31-20(22,23)24;1-11-18(30-10-14(21)9-26-19(30)27-11)16-6-12(8-25)7-17(29-16)28-15-4-2-13(3-5-15)20(22,23)24/h2-10H,1H3,(H,28,29);2-10,21H,1H3,(H,27,28);2-7,9-10H,1H3,(H,28,29);2-7,9-10H,1H3,(H,28,29). The molecule has 39 heteroatoms. The average Bonchev–Trinajstić information content (AvgIpc) is 1.68. The molecule has 10 aromatic heterocycles. The molecule has 0 fully saturated rings. The van der Waals surface area contributed by atoms with Gasteiger partial charge in [-0.05, 0) is 198 Å². The summed E-state index contributed by atoms with van der Waals surface area (Å²) in [6.45, 7) is 3.90. The Balaban J connectivity index is 0.000000139. The zero-order chi connectivity index (χ0) is 86.4. The number of aromatic nitrogens is 14. The third-order valence-corrected chi connectivity index (χ3v) is 17.3. The van der Waals surface area contributed by atoms with Crippen LogP contribution < -0.4 is 30.7 Å². The van der Waals surface area contributed by atoms with Crippen LogP contribution in [0.5, 0.6) is 11.5 Å². The summed E-state index contributed by atoms with van der Waals surface area (Å²) in [5, 5.41) is 49.3. The quantitative estimate of drug-likeness (QED) is 0.0693. The van der Waals surface area contributed by atoms with Crippen molar-refractivity contribution in [1.29, 1.82) is 21.0 Å². The maximum atomic E-state index is 14.1. The molecule has 10 heterocycles. The monoisotopic (exact) mass is 1660 g/mol. The number of aryl methyl sites for hydroxylation is 4. The summed E-state index contributed by atoms with van der Waals surface area (Å²) in [5.41, 5.74) is 5.32. The Hall–Kier alpha value is -16.2. The SMILES string of the molecule is Cc1nc2c(F)cccc2n1-c1cc(C#N)cc(Nc2ccc(C(F)(F)F)cc2)n1.Cc1nc2c(F)cccc2n1-c1cc(C#N)cc(Nc2ccc(OC(F)F)cc2)n1.Cc1nc2ncc(F)cn2c1-c1cc(C#N)cc(Nc2ccc(C(F)(F)F)cc2)n1.Cc1nc2ncc(F)cn2c1-c1cc(C#N)cc(Nc2ccc(OC(F)(F)F)cc2)n1. The Labute approximate surface area is 672 Å². The van der Waals surface area contributed by atoms with Gasteiger partial charge in [0, 0.05) is 22.7 Å². The maximum absolute atomic E-state index is 14.1. The van der Waals surface area contributed by atoms with Crippen LogP contribution in [0.1, 0.15) is 56.4 Å². The molecule has 0 aliphatic heterocycles. The molecule has 0 aliphatic carbocycles. The molecule has 0 spiro atoms. The molecule has 16 rings (SSSR count). The number of nitrogens with one attached hydrogen (secondary N) is 4. The lowest BCUT2D eigenvalue weighted by Crippen LogP contribution is -2.16. The van der Waals surface area contributed by atoms with Crippen molar-refractivity contribution in [1.82, 2.24) is 67.8 Å². The number of para-hydroxylation sites is 2. The highest BCUT2D eigenvalue weighted by Crippen LogP contribution is 2.36. The van der Waals surface area contributed by atoms with Gasteiger partial charge in [0.2, 0.25) is 11.6 Å². The zero-order valence-corrected chi connectivity index (χ0v) is 62.2. The highest BCUT2D eigenvalue weighted by atomic mass is 19.4. The van der Waals surface area contributed by atoms with Crippen LogP contribution in [0.4, 0.5) is 112 Å². The number of ether oxygens (including phenoxy) is 2. The molecule has 0 saturated carbocycles. The summed E-state index contributed by atoms with van der Waals surface area (Å²) in [5.74, 6) is 0.936. The minimum Gasteiger partial charge on any atom is -0.435 e. The number of hydrogen-bond acceptors (Lipinski definition) is 20. The van der Waals surface area contributed by atoms with Crippen LogP contribution in [-0.2, 0) is 12.4 Å². The second-order valence-electron chi connectivity index (χ2n) is 25.7. The number of benzene rings is 6. The van der Waals surface area contributed by atoms with E-state index in [1.54, 1.807) is 85.4 Å². The fraction of sp³-hybridized carbons (Fsp3) is 0.0976. The van der Waals surface area contributed by atoms with E-state index >= 15 is 0 Å². The van der Waals surface area contributed by atoms with Crippen molar-refractivity contribution >= 4 is 79.6 Å². The second kappa shape index (κ2) is 34.3. The molecule has 0 aliphatic rings. The summed E-state index contributed by atoms with van der Waals surface area (Å²) in [4.78, 5) is 42.7. The van der Waals surface area contributed by atoms with Crippen molar-refractivity contribution < 1.29 is 75.3 Å². The number of imidazole rings is 4. The lowest BCUT2D eigenvalue weighted by molar-refractivity contribution is -0.274. The third-order valence-electron chi connectivity index (χ3n) is 17.3. The van der Waals surface area contributed by atoms with Crippen LogP contribution in [-0.4, -0.2) is 80.7 Å². The van der Waals surface area contributed by atoms with E-state index in [2.05, 4.69) is 86.6 Å². The first-order chi connectivity index (χ1) is 57.7. The molecule has 16 aromatic rings. The molecule has 121 heavy (non-hydrogen) atoms. The normalized spacial score (nSPS) is 11.3. The van der Waals surface area contributed by atoms with Gasteiger partial charge in [-0.1, -0.05) is 12.1 Å². The summed E-state index contributed by atoms with van der Waals surface area (Å²) >= 11 is 0. The average molecular weight is 1660 g/mol. The third kappa shape index (κ3) is 19.5. The molecule has 0 amide bonds. The number of alkyl halides is 11.